The molecule has 0 radical (unpaired) electrons. The predicted molar refractivity (Wildman–Crippen MR) is 35.5 cm³/mol. The maximum atomic E-state index is 7.66. The third-order valence-corrected chi connectivity index (χ3v) is 2.33. The van der Waals surface area contributed by atoms with E-state index in [1.807, 2.05) is 0 Å². The first-order valence-corrected chi connectivity index (χ1v) is 5.92. The molecular weight excluding hydrogens is 135 g/mol. The van der Waals surface area contributed by atoms with Crippen molar-refractivity contribution in [2.75, 3.05) is 0 Å². The molecule has 0 saturated heterocycles. The van der Waals surface area contributed by atoms with Crippen LogP contribution in [-0.4, -0.2) is 0 Å². The van der Waals surface area contributed by atoms with Crippen molar-refractivity contribution in [1.82, 2.24) is 0 Å². The summed E-state index contributed by atoms with van der Waals surface area (Å²) in [5.41, 5.74) is 7.66. The Morgan fingerprint density at radius 2 is 2.50 bits per heavy atom. The van der Waals surface area contributed by atoms with E-state index < -0.39 is 0 Å². The minimum Gasteiger partial charge on any atom is -0.110 e. The number of rotatable bonds is 2. The molecule has 0 bridgehead atoms. The highest BCUT2D eigenvalue weighted by molar-refractivity contribution is 8.38. The SMILES string of the molecule is [N-]=[N+]=NPPP. The van der Waals surface area contributed by atoms with Crippen LogP contribution >= 0.6 is 25.3 Å². The zero-order chi connectivity index (χ0) is 4.83. The molecule has 3 atom stereocenters. The summed E-state index contributed by atoms with van der Waals surface area (Å²) in [6.07, 6.45) is 0. The van der Waals surface area contributed by atoms with Gasteiger partial charge >= 0.3 is 0 Å². The highest BCUT2D eigenvalue weighted by Crippen LogP contribution is 2.43. The molecule has 0 amide bonds. The highest BCUT2D eigenvalue weighted by atomic mass is 32.4. The lowest BCUT2D eigenvalue weighted by atomic mass is 13.0. The third-order valence-electron chi connectivity index (χ3n) is 0.159. The van der Waals surface area contributed by atoms with Crippen LogP contribution in [0.2, 0.25) is 0 Å². The Bertz CT molecular complexity index is 62.4. The van der Waals surface area contributed by atoms with Crippen LogP contribution in [0.5, 0.6) is 0 Å². The molecule has 3 nitrogen and oxygen atoms in total. The Kier molecular flexibility index (Phi) is 6.16. The summed E-state index contributed by atoms with van der Waals surface area (Å²) in [6.45, 7) is 0. The van der Waals surface area contributed by atoms with E-state index >= 15 is 0 Å². The van der Waals surface area contributed by atoms with E-state index in [2.05, 4.69) is 18.7 Å². The van der Waals surface area contributed by atoms with Crippen molar-refractivity contribution in [3.8, 4) is 0 Å². The molecule has 0 aromatic heterocycles. The predicted octanol–water partition coefficient (Wildman–Crippen LogP) is 2.27. The fourth-order valence-corrected chi connectivity index (χ4v) is 0.981. The summed E-state index contributed by atoms with van der Waals surface area (Å²) in [4.78, 5) is 5.85. The van der Waals surface area contributed by atoms with E-state index in [0.717, 1.165) is 0 Å². The van der Waals surface area contributed by atoms with Crippen molar-refractivity contribution in [1.29, 1.82) is 0 Å². The van der Waals surface area contributed by atoms with Crippen molar-refractivity contribution in [2.24, 2.45) is 4.88 Å². The molecule has 0 aromatic carbocycles. The van der Waals surface area contributed by atoms with E-state index in [1.54, 1.807) is 0 Å². The van der Waals surface area contributed by atoms with E-state index in [9.17, 15) is 0 Å². The van der Waals surface area contributed by atoms with Crippen molar-refractivity contribution >= 4 is 25.3 Å². The quantitative estimate of drug-likeness (QED) is 0.244. The van der Waals surface area contributed by atoms with Gasteiger partial charge in [0.2, 0.25) is 0 Å². The number of nitrogens with zero attached hydrogens (tertiary/aromatic N) is 3. The van der Waals surface area contributed by atoms with E-state index in [0.29, 0.717) is 16.4 Å². The Morgan fingerprint density at radius 3 is 2.67 bits per heavy atom. The van der Waals surface area contributed by atoms with E-state index in [1.165, 1.54) is 0 Å². The summed E-state index contributed by atoms with van der Waals surface area (Å²) >= 11 is 0. The average molecular weight is 139 g/mol. The van der Waals surface area contributed by atoms with Crippen molar-refractivity contribution in [3.63, 3.8) is 0 Å². The Balaban J connectivity index is 2.86. The molecule has 0 spiro atoms. The van der Waals surface area contributed by atoms with E-state index in [-0.39, 0.29) is 0 Å². The summed E-state index contributed by atoms with van der Waals surface area (Å²) in [5, 5.41) is 0. The van der Waals surface area contributed by atoms with Gasteiger partial charge in [0.05, 0.1) is 0 Å². The van der Waals surface area contributed by atoms with Crippen molar-refractivity contribution in [2.45, 2.75) is 0 Å². The Morgan fingerprint density at radius 1 is 1.83 bits per heavy atom. The largest absolute Gasteiger partial charge is 0.110 e. The summed E-state index contributed by atoms with van der Waals surface area (Å²) in [7, 11) is 3.61. The van der Waals surface area contributed by atoms with Crippen LogP contribution in [0.1, 0.15) is 0 Å². The van der Waals surface area contributed by atoms with Crippen LogP contribution in [0.4, 0.5) is 0 Å². The molecular formula is H4N3P3. The molecule has 0 fully saturated rings. The molecule has 0 heterocycles. The van der Waals surface area contributed by atoms with Crippen LogP contribution in [0.25, 0.3) is 10.4 Å². The molecule has 0 aliphatic heterocycles. The van der Waals surface area contributed by atoms with Gasteiger partial charge in [-0.15, -0.1) is 8.93 Å². The lowest BCUT2D eigenvalue weighted by Gasteiger charge is -1.73. The summed E-state index contributed by atoms with van der Waals surface area (Å²) < 4.78 is 0. The van der Waals surface area contributed by atoms with Gasteiger partial charge in [-0.3, -0.25) is 0 Å². The van der Waals surface area contributed by atoms with Gasteiger partial charge in [-0.1, -0.05) is 12.8 Å². The van der Waals surface area contributed by atoms with Crippen LogP contribution in [0.15, 0.2) is 4.88 Å². The first-order valence-electron chi connectivity index (χ1n) is 1.16. The fraction of sp³-hybridized carbons (Fsp3) is 0. The minimum absolute atomic E-state index is 0.414. The Hall–Kier alpha value is 0.600. The van der Waals surface area contributed by atoms with Crippen LogP contribution in [0, 0.1) is 0 Å². The van der Waals surface area contributed by atoms with Gasteiger partial charge in [0.15, 0.2) is 0 Å². The first-order chi connectivity index (χ1) is 2.91. The smallest absolute Gasteiger partial charge is 0.00481 e. The van der Waals surface area contributed by atoms with Gasteiger partial charge in [0.1, 0.15) is 0 Å². The first kappa shape index (κ1) is 6.60. The van der Waals surface area contributed by atoms with Gasteiger partial charge in [-0.25, -0.2) is 0 Å². The monoisotopic (exact) mass is 139 g/mol. The number of hydrogen-bond donors (Lipinski definition) is 0. The topological polar surface area (TPSA) is 48.8 Å². The zero-order valence-electron chi connectivity index (χ0n) is 2.92. The molecule has 6 heavy (non-hydrogen) atoms. The second-order valence-electron chi connectivity index (χ2n) is 0.446. The fourth-order valence-electron chi connectivity index (χ4n) is 0.0512. The summed E-state index contributed by atoms with van der Waals surface area (Å²) in [5.74, 6) is 0. The third kappa shape index (κ3) is 4.60. The normalized spacial score (nSPS) is 10.8. The molecule has 3 unspecified atom stereocenters. The van der Waals surface area contributed by atoms with Crippen LogP contribution in [0.3, 0.4) is 0 Å². The highest BCUT2D eigenvalue weighted by Gasteiger charge is 1.64. The number of azide groups is 1. The molecule has 0 aliphatic carbocycles. The standard InChI is InChI=1S/H4N3P3/c1-2-3-5-6-4/h5-6H,4H2. The molecule has 0 saturated carbocycles. The van der Waals surface area contributed by atoms with Crippen molar-refractivity contribution < 1.29 is 0 Å². The molecule has 6 heteroatoms. The lowest BCUT2D eigenvalue weighted by Crippen LogP contribution is -1.09. The maximum absolute atomic E-state index is 7.66. The second-order valence-corrected chi connectivity index (χ2v) is 5.29. The molecule has 0 aromatic rings. The average Bonchev–Trinajstić information content (AvgIpc) is 1.61. The molecule has 0 rings (SSSR count). The molecule has 0 aliphatic rings. The zero-order valence-corrected chi connectivity index (χ0v) is 6.07. The van der Waals surface area contributed by atoms with Gasteiger partial charge in [0, 0.05) is 4.91 Å². The van der Waals surface area contributed by atoms with E-state index in [4.69, 9.17) is 5.53 Å². The Labute approximate surface area is 41.5 Å². The van der Waals surface area contributed by atoms with Gasteiger partial charge in [0.25, 0.3) is 0 Å². The van der Waals surface area contributed by atoms with Gasteiger partial charge in [-0.2, -0.15) is 0 Å². The van der Waals surface area contributed by atoms with Crippen LogP contribution in [-0.2, 0) is 0 Å². The molecule has 0 N–H and O–H groups in total. The van der Waals surface area contributed by atoms with Crippen LogP contribution < -0.4 is 0 Å². The maximum Gasteiger partial charge on any atom is 0.00481 e. The number of hydrogen-bond acceptors (Lipinski definition) is 1. The van der Waals surface area contributed by atoms with Gasteiger partial charge in [-0.05, 0) is 14.0 Å². The molecule has 34 valence electrons. The second kappa shape index (κ2) is 5.60. The van der Waals surface area contributed by atoms with Crippen molar-refractivity contribution in [3.05, 3.63) is 10.4 Å². The lowest BCUT2D eigenvalue weighted by molar-refractivity contribution is 1.81. The summed E-state index contributed by atoms with van der Waals surface area (Å²) in [6, 6.07) is 0. The van der Waals surface area contributed by atoms with Gasteiger partial charge < -0.3 is 0 Å². The minimum atomic E-state index is 0.414.